The fourth-order valence-electron chi connectivity index (χ4n) is 2.94. The van der Waals surface area contributed by atoms with Crippen LogP contribution in [0, 0.1) is 6.92 Å². The molecule has 0 fully saturated rings. The highest BCUT2D eigenvalue weighted by Gasteiger charge is 2.20. The van der Waals surface area contributed by atoms with Crippen LogP contribution in [0.15, 0.2) is 36.4 Å². The van der Waals surface area contributed by atoms with E-state index >= 15 is 0 Å². The van der Waals surface area contributed by atoms with Crippen LogP contribution in [0.4, 0.5) is 10.8 Å². The van der Waals surface area contributed by atoms with Gasteiger partial charge in [-0.3, -0.25) is 0 Å². The third kappa shape index (κ3) is 4.12. The van der Waals surface area contributed by atoms with Crippen molar-refractivity contribution in [1.29, 1.82) is 0 Å². The number of aromatic nitrogens is 5. The third-order valence-electron chi connectivity index (χ3n) is 4.56. The van der Waals surface area contributed by atoms with Gasteiger partial charge in [0.25, 0.3) is 0 Å². The monoisotopic (exact) mass is 458 g/mol. The number of nitrogens with zero attached hydrogens (tertiary/aromatic N) is 5. The minimum atomic E-state index is 0.438. The maximum Gasteiger partial charge on any atom is 0.207 e. The summed E-state index contributed by atoms with van der Waals surface area (Å²) in [4.78, 5) is 4.55. The van der Waals surface area contributed by atoms with Crippen molar-refractivity contribution in [3.05, 3.63) is 47.1 Å². The molecule has 0 aliphatic carbocycles. The van der Waals surface area contributed by atoms with E-state index in [2.05, 4.69) is 25.0 Å². The largest absolute Gasteiger partial charge is 0.497 e. The van der Waals surface area contributed by atoms with Gasteiger partial charge >= 0.3 is 0 Å². The number of hydrogen-bond donors (Lipinski definition) is 1. The SMILES string of the molecule is COc1ccc(Nc2nc(-c3nnn(-c4cc(Cl)c(OC)cc4OC)c3C)ns2)cc1. The average molecular weight is 459 g/mol. The number of nitrogens with one attached hydrogen (secondary N) is 1. The maximum absolute atomic E-state index is 6.30. The molecule has 0 unspecified atom stereocenters. The molecule has 4 aromatic rings. The minimum absolute atomic E-state index is 0.438. The quantitative estimate of drug-likeness (QED) is 0.432. The molecule has 0 amide bonds. The fourth-order valence-corrected chi connectivity index (χ4v) is 3.77. The summed E-state index contributed by atoms with van der Waals surface area (Å²) >= 11 is 7.54. The lowest BCUT2D eigenvalue weighted by Gasteiger charge is -2.12. The maximum atomic E-state index is 6.30. The topological polar surface area (TPSA) is 96.2 Å². The highest BCUT2D eigenvalue weighted by Crippen LogP contribution is 2.36. The molecule has 0 aliphatic heterocycles. The van der Waals surface area contributed by atoms with Gasteiger partial charge in [0.05, 0.1) is 32.0 Å². The lowest BCUT2D eigenvalue weighted by atomic mass is 10.2. The standard InChI is InChI=1S/C20H19ClN6O3S/c1-11-18(19-23-20(31-25-19)22-12-5-7-13(28-2)8-6-12)24-26-27(11)15-9-14(21)16(29-3)10-17(15)30-4/h5-10H,1-4H3,(H,22,23,25). The van der Waals surface area contributed by atoms with Crippen molar-refractivity contribution in [1.82, 2.24) is 24.4 Å². The number of anilines is 2. The van der Waals surface area contributed by atoms with E-state index in [-0.39, 0.29) is 0 Å². The molecule has 0 atom stereocenters. The summed E-state index contributed by atoms with van der Waals surface area (Å²) in [6.45, 7) is 1.88. The Bertz CT molecular complexity index is 1210. The van der Waals surface area contributed by atoms with Gasteiger partial charge < -0.3 is 19.5 Å². The van der Waals surface area contributed by atoms with Crippen LogP contribution in [0.2, 0.25) is 5.02 Å². The van der Waals surface area contributed by atoms with Crippen molar-refractivity contribution >= 4 is 34.0 Å². The summed E-state index contributed by atoms with van der Waals surface area (Å²) < 4.78 is 22.0. The van der Waals surface area contributed by atoms with Crippen molar-refractivity contribution in [3.63, 3.8) is 0 Å². The van der Waals surface area contributed by atoms with Crippen molar-refractivity contribution in [2.45, 2.75) is 6.92 Å². The molecule has 2 aromatic heterocycles. The Balaban J connectivity index is 1.62. The summed E-state index contributed by atoms with van der Waals surface area (Å²) in [6, 6.07) is 11.0. The Kier molecular flexibility index (Phi) is 5.92. The van der Waals surface area contributed by atoms with E-state index in [1.54, 1.807) is 38.1 Å². The van der Waals surface area contributed by atoms with E-state index < -0.39 is 0 Å². The summed E-state index contributed by atoms with van der Waals surface area (Å²) in [7, 11) is 4.74. The van der Waals surface area contributed by atoms with Gasteiger partial charge in [-0.05, 0) is 37.3 Å². The first-order valence-corrected chi connectivity index (χ1v) is 10.3. The van der Waals surface area contributed by atoms with E-state index in [9.17, 15) is 0 Å². The zero-order valence-corrected chi connectivity index (χ0v) is 18.8. The number of halogens is 1. The summed E-state index contributed by atoms with van der Waals surface area (Å²) in [5, 5.41) is 12.8. The fraction of sp³-hybridized carbons (Fsp3) is 0.200. The number of methoxy groups -OCH3 is 3. The first-order valence-electron chi connectivity index (χ1n) is 9.13. The zero-order valence-electron chi connectivity index (χ0n) is 17.2. The molecule has 1 N–H and O–H groups in total. The van der Waals surface area contributed by atoms with Crippen molar-refractivity contribution in [3.8, 4) is 34.5 Å². The van der Waals surface area contributed by atoms with Crippen LogP contribution < -0.4 is 19.5 Å². The highest BCUT2D eigenvalue weighted by atomic mass is 35.5. The molecular formula is C20H19ClN6O3S. The molecule has 160 valence electrons. The predicted molar refractivity (Wildman–Crippen MR) is 119 cm³/mol. The molecule has 4 rings (SSSR count). The van der Waals surface area contributed by atoms with Gasteiger partial charge in [-0.25, -0.2) is 4.68 Å². The van der Waals surface area contributed by atoms with Gasteiger partial charge in [-0.15, -0.1) is 5.10 Å². The lowest BCUT2D eigenvalue weighted by molar-refractivity contribution is 0.392. The molecule has 2 heterocycles. The molecular weight excluding hydrogens is 440 g/mol. The Morgan fingerprint density at radius 1 is 1.00 bits per heavy atom. The van der Waals surface area contributed by atoms with Crippen LogP contribution in [-0.2, 0) is 0 Å². The number of benzene rings is 2. The molecule has 11 heteroatoms. The van der Waals surface area contributed by atoms with Crippen LogP contribution in [0.5, 0.6) is 17.2 Å². The number of rotatable bonds is 7. The van der Waals surface area contributed by atoms with Gasteiger partial charge in [0.1, 0.15) is 22.9 Å². The summed E-state index contributed by atoms with van der Waals surface area (Å²) in [6.07, 6.45) is 0. The van der Waals surface area contributed by atoms with E-state index in [0.717, 1.165) is 17.1 Å². The van der Waals surface area contributed by atoms with Crippen LogP contribution in [-0.4, -0.2) is 45.7 Å². The Morgan fingerprint density at radius 2 is 1.74 bits per heavy atom. The molecule has 0 saturated carbocycles. The second-order valence-corrected chi connectivity index (χ2v) is 7.53. The van der Waals surface area contributed by atoms with Crippen molar-refractivity contribution in [2.75, 3.05) is 26.6 Å². The highest BCUT2D eigenvalue weighted by molar-refractivity contribution is 7.09. The van der Waals surface area contributed by atoms with Crippen LogP contribution in [0.25, 0.3) is 17.2 Å². The van der Waals surface area contributed by atoms with E-state index in [1.807, 2.05) is 31.2 Å². The van der Waals surface area contributed by atoms with E-state index in [1.165, 1.54) is 11.5 Å². The number of hydrogen-bond acceptors (Lipinski definition) is 9. The summed E-state index contributed by atoms with van der Waals surface area (Å²) in [5.74, 6) is 2.32. The molecule has 0 aliphatic rings. The lowest BCUT2D eigenvalue weighted by Crippen LogP contribution is -2.03. The summed E-state index contributed by atoms with van der Waals surface area (Å²) in [5.41, 5.74) is 2.82. The molecule has 0 radical (unpaired) electrons. The predicted octanol–water partition coefficient (Wildman–Crippen LogP) is 4.52. The van der Waals surface area contributed by atoms with Crippen molar-refractivity contribution in [2.24, 2.45) is 0 Å². The second kappa shape index (κ2) is 8.78. The van der Waals surface area contributed by atoms with Gasteiger partial charge in [0, 0.05) is 23.3 Å². The first-order chi connectivity index (χ1) is 15.0. The molecule has 9 nitrogen and oxygen atoms in total. The van der Waals surface area contributed by atoms with E-state index in [0.29, 0.717) is 38.9 Å². The third-order valence-corrected chi connectivity index (χ3v) is 5.48. The van der Waals surface area contributed by atoms with Crippen LogP contribution >= 0.6 is 23.1 Å². The van der Waals surface area contributed by atoms with Crippen molar-refractivity contribution < 1.29 is 14.2 Å². The molecule has 0 spiro atoms. The first kappa shape index (κ1) is 20.9. The van der Waals surface area contributed by atoms with E-state index in [4.69, 9.17) is 25.8 Å². The Morgan fingerprint density at radius 3 is 2.42 bits per heavy atom. The smallest absolute Gasteiger partial charge is 0.207 e. The van der Waals surface area contributed by atoms with Gasteiger partial charge in [0.2, 0.25) is 5.13 Å². The normalized spacial score (nSPS) is 10.7. The average Bonchev–Trinajstić information content (AvgIpc) is 3.40. The van der Waals surface area contributed by atoms with Gasteiger partial charge in [0.15, 0.2) is 11.5 Å². The molecule has 2 aromatic carbocycles. The molecule has 0 saturated heterocycles. The van der Waals surface area contributed by atoms with Crippen LogP contribution in [0.1, 0.15) is 5.69 Å². The molecule has 31 heavy (non-hydrogen) atoms. The molecule has 0 bridgehead atoms. The van der Waals surface area contributed by atoms with Gasteiger partial charge in [-0.1, -0.05) is 16.8 Å². The van der Waals surface area contributed by atoms with Crippen LogP contribution in [0.3, 0.4) is 0 Å². The Hall–Kier alpha value is -3.37. The minimum Gasteiger partial charge on any atom is -0.497 e. The zero-order chi connectivity index (χ0) is 22.0. The number of ether oxygens (including phenoxy) is 3. The Labute approximate surface area is 187 Å². The second-order valence-electron chi connectivity index (χ2n) is 6.37. The van der Waals surface area contributed by atoms with Gasteiger partial charge in [-0.2, -0.15) is 9.36 Å².